The summed E-state index contributed by atoms with van der Waals surface area (Å²) in [4.78, 5) is 17.6. The second-order valence-electron chi connectivity index (χ2n) is 6.57. The third-order valence-electron chi connectivity index (χ3n) is 4.26. The van der Waals surface area contributed by atoms with E-state index in [1.54, 1.807) is 6.21 Å². The van der Waals surface area contributed by atoms with Crippen LogP contribution in [0.2, 0.25) is 0 Å². The number of amides is 1. The standard InChI is InChI=1S/C23H18BrN3O2S/c1-16-7-9-17(10-8-16)14-25-27(22(28)15-29-19-5-3-2-4-6-19)23-26-20-12-11-18(24)13-21(20)30-23/h2-14H,15H2,1H3/b25-14+. The van der Waals surface area contributed by atoms with Crippen LogP contribution in [0.3, 0.4) is 0 Å². The number of aromatic nitrogens is 1. The number of carbonyl (C=O) groups excluding carboxylic acids is 1. The number of rotatable bonds is 6. The molecule has 0 spiro atoms. The first kappa shape index (κ1) is 20.3. The van der Waals surface area contributed by atoms with E-state index in [0.717, 1.165) is 25.8 Å². The van der Waals surface area contributed by atoms with E-state index in [9.17, 15) is 4.79 Å². The number of fused-ring (bicyclic) bond motifs is 1. The van der Waals surface area contributed by atoms with Gasteiger partial charge in [0.2, 0.25) is 5.13 Å². The average Bonchev–Trinajstić information content (AvgIpc) is 3.17. The number of hydrogen-bond acceptors (Lipinski definition) is 5. The minimum Gasteiger partial charge on any atom is -0.484 e. The molecular weight excluding hydrogens is 462 g/mol. The third kappa shape index (κ3) is 4.93. The molecule has 0 aliphatic rings. The Morgan fingerprint density at radius 2 is 1.90 bits per heavy atom. The van der Waals surface area contributed by atoms with E-state index in [1.165, 1.54) is 16.3 Å². The van der Waals surface area contributed by atoms with Crippen LogP contribution in [0.4, 0.5) is 5.13 Å². The maximum Gasteiger partial charge on any atom is 0.287 e. The molecule has 4 aromatic rings. The van der Waals surface area contributed by atoms with E-state index >= 15 is 0 Å². The first-order valence-corrected chi connectivity index (χ1v) is 10.9. The SMILES string of the molecule is Cc1ccc(/C=N/N(C(=O)COc2ccccc2)c2nc3ccc(Br)cc3s2)cc1. The Morgan fingerprint density at radius 1 is 1.13 bits per heavy atom. The molecule has 0 N–H and O–H groups in total. The molecule has 1 heterocycles. The number of halogens is 1. The highest BCUT2D eigenvalue weighted by molar-refractivity contribution is 9.10. The van der Waals surface area contributed by atoms with Gasteiger partial charge in [-0.3, -0.25) is 4.79 Å². The van der Waals surface area contributed by atoms with Crippen molar-refractivity contribution in [3.63, 3.8) is 0 Å². The van der Waals surface area contributed by atoms with Crippen molar-refractivity contribution in [2.75, 3.05) is 11.6 Å². The van der Waals surface area contributed by atoms with E-state index in [0.29, 0.717) is 10.9 Å². The summed E-state index contributed by atoms with van der Waals surface area (Å²) in [7, 11) is 0. The fourth-order valence-corrected chi connectivity index (χ4v) is 4.19. The number of ether oxygens (including phenoxy) is 1. The van der Waals surface area contributed by atoms with E-state index in [-0.39, 0.29) is 12.5 Å². The number of anilines is 1. The van der Waals surface area contributed by atoms with Crippen LogP contribution in [-0.4, -0.2) is 23.7 Å². The lowest BCUT2D eigenvalue weighted by molar-refractivity contribution is -0.120. The van der Waals surface area contributed by atoms with Crippen molar-refractivity contribution in [3.05, 3.63) is 88.4 Å². The molecule has 0 fully saturated rings. The Labute approximate surface area is 186 Å². The highest BCUT2D eigenvalue weighted by Gasteiger charge is 2.20. The molecule has 1 aromatic heterocycles. The van der Waals surface area contributed by atoms with Crippen LogP contribution >= 0.6 is 27.3 Å². The summed E-state index contributed by atoms with van der Waals surface area (Å²) in [6.07, 6.45) is 1.65. The van der Waals surface area contributed by atoms with Crippen molar-refractivity contribution in [1.82, 2.24) is 4.98 Å². The average molecular weight is 480 g/mol. The van der Waals surface area contributed by atoms with Crippen molar-refractivity contribution in [2.45, 2.75) is 6.92 Å². The number of hydrazone groups is 1. The second kappa shape index (κ2) is 9.19. The van der Waals surface area contributed by atoms with E-state index in [2.05, 4.69) is 26.0 Å². The maximum absolute atomic E-state index is 13.0. The number of carbonyl (C=O) groups is 1. The summed E-state index contributed by atoms with van der Waals surface area (Å²) < 4.78 is 7.56. The van der Waals surface area contributed by atoms with E-state index in [4.69, 9.17) is 4.74 Å². The fourth-order valence-electron chi connectivity index (χ4n) is 2.70. The Morgan fingerprint density at radius 3 is 2.67 bits per heavy atom. The summed E-state index contributed by atoms with van der Waals surface area (Å²) in [5.74, 6) is 0.321. The smallest absolute Gasteiger partial charge is 0.287 e. The van der Waals surface area contributed by atoms with Gasteiger partial charge in [-0.1, -0.05) is 75.3 Å². The summed E-state index contributed by atoms with van der Waals surface area (Å²) >= 11 is 4.88. The molecule has 30 heavy (non-hydrogen) atoms. The molecule has 5 nitrogen and oxygen atoms in total. The first-order chi connectivity index (χ1) is 14.6. The Kier molecular flexibility index (Phi) is 6.21. The van der Waals surface area contributed by atoms with Gasteiger partial charge >= 0.3 is 0 Å². The third-order valence-corrected chi connectivity index (χ3v) is 5.75. The van der Waals surface area contributed by atoms with Crippen molar-refractivity contribution in [2.24, 2.45) is 5.10 Å². The van der Waals surface area contributed by atoms with Gasteiger partial charge in [-0.2, -0.15) is 10.1 Å². The molecule has 0 saturated carbocycles. The van der Waals surface area contributed by atoms with Crippen LogP contribution in [0.1, 0.15) is 11.1 Å². The quantitative estimate of drug-likeness (QED) is 0.258. The first-order valence-electron chi connectivity index (χ1n) is 9.26. The Bertz CT molecular complexity index is 1190. The molecule has 7 heteroatoms. The molecular formula is C23H18BrN3O2S. The number of benzene rings is 3. The summed E-state index contributed by atoms with van der Waals surface area (Å²) in [5, 5.41) is 6.24. The monoisotopic (exact) mass is 479 g/mol. The topological polar surface area (TPSA) is 54.8 Å². The maximum atomic E-state index is 13.0. The van der Waals surface area contributed by atoms with Crippen LogP contribution in [0.25, 0.3) is 10.2 Å². The summed E-state index contributed by atoms with van der Waals surface area (Å²) in [5.41, 5.74) is 2.87. The largest absolute Gasteiger partial charge is 0.484 e. The number of hydrogen-bond donors (Lipinski definition) is 0. The van der Waals surface area contributed by atoms with Gasteiger partial charge in [0, 0.05) is 4.47 Å². The van der Waals surface area contributed by atoms with Crippen molar-refractivity contribution >= 4 is 54.7 Å². The lowest BCUT2D eigenvalue weighted by atomic mass is 10.2. The molecule has 0 unspecified atom stereocenters. The van der Waals surface area contributed by atoms with Crippen molar-refractivity contribution in [3.8, 4) is 5.75 Å². The van der Waals surface area contributed by atoms with Crippen LogP contribution in [0.15, 0.2) is 82.4 Å². The van der Waals surface area contributed by atoms with Gasteiger partial charge in [0.15, 0.2) is 6.61 Å². The van der Waals surface area contributed by atoms with Crippen LogP contribution in [-0.2, 0) is 4.79 Å². The second-order valence-corrected chi connectivity index (χ2v) is 8.50. The minimum absolute atomic E-state index is 0.144. The normalized spacial score (nSPS) is 11.1. The molecule has 3 aromatic carbocycles. The van der Waals surface area contributed by atoms with E-state index in [1.807, 2.05) is 79.7 Å². The molecule has 0 aliphatic heterocycles. The molecule has 0 atom stereocenters. The number of para-hydroxylation sites is 1. The molecule has 0 saturated heterocycles. The van der Waals surface area contributed by atoms with Gasteiger partial charge in [-0.25, -0.2) is 4.98 Å². The predicted molar refractivity (Wildman–Crippen MR) is 126 cm³/mol. The van der Waals surface area contributed by atoms with Gasteiger partial charge < -0.3 is 4.74 Å². The zero-order chi connectivity index (χ0) is 20.9. The zero-order valence-electron chi connectivity index (χ0n) is 16.2. The van der Waals surface area contributed by atoms with Gasteiger partial charge in [0.05, 0.1) is 16.4 Å². The lowest BCUT2D eigenvalue weighted by Gasteiger charge is -2.14. The molecule has 0 aliphatic carbocycles. The van der Waals surface area contributed by atoms with Crippen LogP contribution in [0.5, 0.6) is 5.75 Å². The highest BCUT2D eigenvalue weighted by Crippen LogP contribution is 2.31. The van der Waals surface area contributed by atoms with Gasteiger partial charge in [-0.15, -0.1) is 0 Å². The highest BCUT2D eigenvalue weighted by atomic mass is 79.9. The molecule has 1 amide bonds. The van der Waals surface area contributed by atoms with Gasteiger partial charge in [0.25, 0.3) is 5.91 Å². The minimum atomic E-state index is -0.305. The fraction of sp³-hybridized carbons (Fsp3) is 0.0870. The zero-order valence-corrected chi connectivity index (χ0v) is 18.6. The molecule has 150 valence electrons. The Hall–Kier alpha value is -3.03. The van der Waals surface area contributed by atoms with E-state index < -0.39 is 0 Å². The molecule has 0 bridgehead atoms. The van der Waals surface area contributed by atoms with Crippen LogP contribution in [0, 0.1) is 6.92 Å². The van der Waals surface area contributed by atoms with Gasteiger partial charge in [0.1, 0.15) is 5.75 Å². The number of aryl methyl sites for hydroxylation is 1. The lowest BCUT2D eigenvalue weighted by Crippen LogP contribution is -2.30. The number of nitrogens with zero attached hydrogens (tertiary/aromatic N) is 3. The molecule has 0 radical (unpaired) electrons. The predicted octanol–water partition coefficient (Wildman–Crippen LogP) is 5.81. The number of thiazole rings is 1. The van der Waals surface area contributed by atoms with Crippen LogP contribution < -0.4 is 9.75 Å². The van der Waals surface area contributed by atoms with Crippen molar-refractivity contribution < 1.29 is 9.53 Å². The molecule has 4 rings (SSSR count). The Balaban J connectivity index is 1.62. The summed E-state index contributed by atoms with van der Waals surface area (Å²) in [6, 6.07) is 23.0. The van der Waals surface area contributed by atoms with Crippen molar-refractivity contribution in [1.29, 1.82) is 0 Å². The van der Waals surface area contributed by atoms with Gasteiger partial charge in [-0.05, 0) is 42.8 Å². The summed E-state index contributed by atoms with van der Waals surface area (Å²) in [6.45, 7) is 1.88.